The lowest BCUT2D eigenvalue weighted by Crippen LogP contribution is -2.22. The van der Waals surface area contributed by atoms with Gasteiger partial charge in [-0.3, -0.25) is 10.2 Å². The predicted octanol–water partition coefficient (Wildman–Crippen LogP) is 5.82. The number of benzene rings is 3. The minimum atomic E-state index is -0.685. The van der Waals surface area contributed by atoms with Crippen LogP contribution in [0.2, 0.25) is 5.02 Å². The molecule has 0 fully saturated rings. The third-order valence-corrected chi connectivity index (χ3v) is 4.56. The molecular weight excluding hydrogens is 376 g/mol. The van der Waals surface area contributed by atoms with Gasteiger partial charge in [0.2, 0.25) is 0 Å². The van der Waals surface area contributed by atoms with E-state index in [2.05, 4.69) is 10.5 Å². The average Bonchev–Trinajstić information content (AvgIpc) is 2.72. The van der Waals surface area contributed by atoms with Crippen LogP contribution < -0.4 is 10.1 Å². The van der Waals surface area contributed by atoms with Gasteiger partial charge in [0.25, 0.3) is 0 Å². The first-order valence-electron chi connectivity index (χ1n) is 8.80. The van der Waals surface area contributed by atoms with E-state index < -0.39 is 6.09 Å². The Balaban J connectivity index is 1.54. The summed E-state index contributed by atoms with van der Waals surface area (Å²) in [6.45, 7) is 0. The number of nitrogens with zero attached hydrogens (tertiary/aromatic N) is 1. The molecule has 1 aliphatic rings. The molecule has 0 aliphatic carbocycles. The van der Waals surface area contributed by atoms with Crippen molar-refractivity contribution in [2.45, 2.75) is 12.5 Å². The van der Waals surface area contributed by atoms with Gasteiger partial charge >= 0.3 is 6.09 Å². The van der Waals surface area contributed by atoms with Crippen molar-refractivity contribution >= 4 is 29.1 Å². The molecule has 6 heteroatoms. The van der Waals surface area contributed by atoms with E-state index in [0.717, 1.165) is 11.1 Å². The molecule has 0 bridgehead atoms. The van der Waals surface area contributed by atoms with Crippen LogP contribution >= 0.6 is 11.6 Å². The lowest BCUT2D eigenvalue weighted by Gasteiger charge is -2.27. The molecule has 1 amide bonds. The third-order valence-electron chi connectivity index (χ3n) is 4.33. The van der Waals surface area contributed by atoms with Gasteiger partial charge in [0.05, 0.1) is 5.71 Å². The highest BCUT2D eigenvalue weighted by atomic mass is 35.5. The van der Waals surface area contributed by atoms with E-state index in [1.807, 2.05) is 54.6 Å². The number of carbonyl (C=O) groups excluding carboxylic acids is 1. The van der Waals surface area contributed by atoms with Crippen molar-refractivity contribution in [3.8, 4) is 5.75 Å². The fraction of sp³-hybridized carbons (Fsp3) is 0.0909. The zero-order chi connectivity index (χ0) is 19.3. The summed E-state index contributed by atoms with van der Waals surface area (Å²) >= 11 is 5.92. The lowest BCUT2D eigenvalue weighted by atomic mass is 9.96. The van der Waals surface area contributed by atoms with Gasteiger partial charge in [0.15, 0.2) is 0 Å². The molecule has 28 heavy (non-hydrogen) atoms. The van der Waals surface area contributed by atoms with Crippen molar-refractivity contribution in [2.24, 2.45) is 5.16 Å². The average molecular weight is 393 g/mol. The molecule has 5 nitrogen and oxygen atoms in total. The van der Waals surface area contributed by atoms with Gasteiger partial charge in [-0.25, -0.2) is 4.79 Å². The van der Waals surface area contributed by atoms with E-state index in [-0.39, 0.29) is 6.10 Å². The summed E-state index contributed by atoms with van der Waals surface area (Å²) in [5.41, 5.74) is 3.03. The molecule has 140 valence electrons. The molecule has 3 aromatic rings. The number of rotatable bonds is 3. The number of nitrogens with one attached hydrogen (secondary N) is 1. The second kappa shape index (κ2) is 8.15. The highest BCUT2D eigenvalue weighted by molar-refractivity contribution is 6.30. The van der Waals surface area contributed by atoms with Crippen molar-refractivity contribution in [3.05, 3.63) is 95.0 Å². The Morgan fingerprint density at radius 2 is 1.82 bits per heavy atom. The van der Waals surface area contributed by atoms with Crippen LogP contribution in [0.15, 0.2) is 84.0 Å². The van der Waals surface area contributed by atoms with Gasteiger partial charge in [-0.1, -0.05) is 65.3 Å². The highest BCUT2D eigenvalue weighted by Gasteiger charge is 2.26. The van der Waals surface area contributed by atoms with Crippen LogP contribution in [0.4, 0.5) is 10.5 Å². The molecule has 0 radical (unpaired) electrons. The zero-order valence-corrected chi connectivity index (χ0v) is 15.6. The minimum Gasteiger partial charge on any atom is -0.485 e. The first-order valence-corrected chi connectivity index (χ1v) is 9.18. The van der Waals surface area contributed by atoms with Gasteiger partial charge in [0, 0.05) is 22.7 Å². The number of hydrogen-bond donors (Lipinski definition) is 1. The van der Waals surface area contributed by atoms with Gasteiger partial charge < -0.3 is 4.74 Å². The molecule has 0 saturated carbocycles. The Bertz CT molecular complexity index is 1020. The molecule has 1 unspecified atom stereocenters. The molecule has 0 saturated heterocycles. The topological polar surface area (TPSA) is 59.9 Å². The molecule has 1 aliphatic heterocycles. The zero-order valence-electron chi connectivity index (χ0n) is 14.8. The van der Waals surface area contributed by atoms with Crippen LogP contribution in [0.3, 0.4) is 0 Å². The summed E-state index contributed by atoms with van der Waals surface area (Å²) in [6.07, 6.45) is -0.393. The van der Waals surface area contributed by atoms with Crippen LogP contribution in [0.25, 0.3) is 0 Å². The van der Waals surface area contributed by atoms with E-state index in [0.29, 0.717) is 28.6 Å². The molecule has 3 aromatic carbocycles. The largest absolute Gasteiger partial charge is 0.485 e. The molecule has 1 heterocycles. The second-order valence-corrected chi connectivity index (χ2v) is 6.71. The van der Waals surface area contributed by atoms with E-state index in [4.69, 9.17) is 21.2 Å². The first kappa shape index (κ1) is 18.1. The summed E-state index contributed by atoms with van der Waals surface area (Å²) in [6, 6.07) is 24.3. The number of para-hydroxylation sites is 1. The molecule has 1 atom stereocenters. The van der Waals surface area contributed by atoms with E-state index >= 15 is 0 Å². The number of anilines is 1. The van der Waals surface area contributed by atoms with E-state index in [1.54, 1.807) is 24.3 Å². The number of amides is 1. The minimum absolute atomic E-state index is 0.200. The molecule has 0 aromatic heterocycles. The SMILES string of the molecule is O=C(Nc1cccc(Cl)c1)O/N=C1/CC(c2ccccc2)Oc2ccccc21. The Labute approximate surface area is 167 Å². The Morgan fingerprint density at radius 3 is 2.64 bits per heavy atom. The fourth-order valence-electron chi connectivity index (χ4n) is 3.03. The molecule has 0 spiro atoms. The number of oxime groups is 1. The molecule has 4 rings (SSSR count). The monoisotopic (exact) mass is 392 g/mol. The molecular formula is C22H17ClN2O3. The maximum atomic E-state index is 12.1. The quantitative estimate of drug-likeness (QED) is 0.451. The summed E-state index contributed by atoms with van der Waals surface area (Å²) in [7, 11) is 0. The van der Waals surface area contributed by atoms with Crippen molar-refractivity contribution in [1.29, 1.82) is 0 Å². The summed E-state index contributed by atoms with van der Waals surface area (Å²) in [5.74, 6) is 0.709. The van der Waals surface area contributed by atoms with Gasteiger partial charge in [-0.15, -0.1) is 0 Å². The second-order valence-electron chi connectivity index (χ2n) is 6.27. The highest BCUT2D eigenvalue weighted by Crippen LogP contribution is 2.35. The summed E-state index contributed by atoms with van der Waals surface area (Å²) in [5, 5.41) is 7.24. The van der Waals surface area contributed by atoms with Crippen molar-refractivity contribution in [2.75, 3.05) is 5.32 Å². The van der Waals surface area contributed by atoms with Crippen LogP contribution in [0.1, 0.15) is 23.7 Å². The Hall–Kier alpha value is -3.31. The number of hydrogen-bond acceptors (Lipinski definition) is 4. The number of fused-ring (bicyclic) bond motifs is 1. The standard InChI is InChI=1S/C22H17ClN2O3/c23-16-9-6-10-17(13-16)24-22(26)28-25-19-14-21(15-7-2-1-3-8-15)27-20-12-5-4-11-18(19)20/h1-13,21H,14H2,(H,24,26)/b25-19-. The van der Waals surface area contributed by atoms with Crippen LogP contribution in [0.5, 0.6) is 5.75 Å². The Kier molecular flexibility index (Phi) is 5.26. The number of halogens is 1. The smallest absolute Gasteiger partial charge is 0.437 e. The maximum absolute atomic E-state index is 12.1. The number of carbonyl (C=O) groups is 1. The third kappa shape index (κ3) is 4.15. The van der Waals surface area contributed by atoms with Crippen molar-refractivity contribution in [1.82, 2.24) is 0 Å². The van der Waals surface area contributed by atoms with Gasteiger partial charge in [-0.2, -0.15) is 0 Å². The predicted molar refractivity (Wildman–Crippen MR) is 109 cm³/mol. The van der Waals surface area contributed by atoms with Gasteiger partial charge in [0.1, 0.15) is 11.9 Å². The summed E-state index contributed by atoms with van der Waals surface area (Å²) < 4.78 is 6.11. The number of ether oxygens (including phenoxy) is 1. The lowest BCUT2D eigenvalue weighted by molar-refractivity contribution is 0.163. The van der Waals surface area contributed by atoms with Crippen molar-refractivity contribution in [3.63, 3.8) is 0 Å². The first-order chi connectivity index (χ1) is 13.7. The fourth-order valence-corrected chi connectivity index (χ4v) is 3.22. The van der Waals surface area contributed by atoms with Crippen molar-refractivity contribution < 1.29 is 14.4 Å². The van der Waals surface area contributed by atoms with Crippen LogP contribution in [-0.4, -0.2) is 11.8 Å². The van der Waals surface area contributed by atoms with E-state index in [1.165, 1.54) is 0 Å². The molecule has 1 N–H and O–H groups in total. The van der Waals surface area contributed by atoms with Crippen LogP contribution in [0, 0.1) is 0 Å². The van der Waals surface area contributed by atoms with E-state index in [9.17, 15) is 4.79 Å². The normalized spacial score (nSPS) is 16.8. The Morgan fingerprint density at radius 1 is 1.04 bits per heavy atom. The van der Waals surface area contributed by atoms with Crippen LogP contribution in [-0.2, 0) is 4.84 Å². The van der Waals surface area contributed by atoms with Gasteiger partial charge in [-0.05, 0) is 35.9 Å². The maximum Gasteiger partial charge on any atom is 0.437 e. The summed E-state index contributed by atoms with van der Waals surface area (Å²) in [4.78, 5) is 17.2.